The van der Waals surface area contributed by atoms with Gasteiger partial charge < -0.3 is 5.11 Å². The van der Waals surface area contributed by atoms with E-state index >= 15 is 0 Å². The maximum atomic E-state index is 12.7. The lowest BCUT2D eigenvalue weighted by Crippen LogP contribution is -2.39. The van der Waals surface area contributed by atoms with Crippen LogP contribution in [-0.2, 0) is 9.59 Å². The quantitative estimate of drug-likeness (QED) is 0.839. The first kappa shape index (κ1) is 14.7. The molecule has 2 rings (SSSR count). The average molecular weight is 275 g/mol. The van der Waals surface area contributed by atoms with E-state index < -0.39 is 11.5 Å². The monoisotopic (exact) mass is 275 g/mol. The summed E-state index contributed by atoms with van der Waals surface area (Å²) in [4.78, 5) is 26.2. The van der Waals surface area contributed by atoms with Crippen molar-refractivity contribution < 1.29 is 14.7 Å². The SMILES string of the molecule is CCC1(CC)CC(=O)N([C@@H](CO)c2ccccc2)C1=O. The van der Waals surface area contributed by atoms with Gasteiger partial charge in [-0.3, -0.25) is 14.5 Å². The van der Waals surface area contributed by atoms with Gasteiger partial charge in [-0.05, 0) is 18.4 Å². The smallest absolute Gasteiger partial charge is 0.236 e. The third-order valence-electron chi connectivity index (χ3n) is 4.45. The van der Waals surface area contributed by atoms with Crippen LogP contribution in [0.3, 0.4) is 0 Å². The summed E-state index contributed by atoms with van der Waals surface area (Å²) >= 11 is 0. The van der Waals surface area contributed by atoms with Crippen molar-refractivity contribution in [2.24, 2.45) is 5.41 Å². The molecule has 1 N–H and O–H groups in total. The molecule has 1 aliphatic rings. The Balaban J connectivity index is 2.36. The molecule has 0 radical (unpaired) electrons. The van der Waals surface area contributed by atoms with Crippen molar-refractivity contribution in [2.75, 3.05) is 6.61 Å². The van der Waals surface area contributed by atoms with Gasteiger partial charge in [0.15, 0.2) is 0 Å². The summed E-state index contributed by atoms with van der Waals surface area (Å²) in [5.41, 5.74) is 0.207. The molecule has 0 spiro atoms. The molecule has 1 heterocycles. The zero-order valence-corrected chi connectivity index (χ0v) is 12.0. The van der Waals surface area contributed by atoms with Crippen LogP contribution in [0.5, 0.6) is 0 Å². The van der Waals surface area contributed by atoms with Crippen LogP contribution in [0, 0.1) is 5.41 Å². The number of hydrogen-bond acceptors (Lipinski definition) is 3. The largest absolute Gasteiger partial charge is 0.394 e. The summed E-state index contributed by atoms with van der Waals surface area (Å²) < 4.78 is 0. The fourth-order valence-corrected chi connectivity index (χ4v) is 2.95. The van der Waals surface area contributed by atoms with Gasteiger partial charge in [-0.25, -0.2) is 0 Å². The second-order valence-electron chi connectivity index (χ2n) is 5.34. The summed E-state index contributed by atoms with van der Waals surface area (Å²) in [7, 11) is 0. The normalized spacial score (nSPS) is 19.4. The average Bonchev–Trinajstić information content (AvgIpc) is 2.74. The minimum absolute atomic E-state index is 0.143. The number of nitrogens with zero attached hydrogens (tertiary/aromatic N) is 1. The van der Waals surface area contributed by atoms with E-state index in [4.69, 9.17) is 0 Å². The van der Waals surface area contributed by atoms with E-state index in [0.717, 1.165) is 5.56 Å². The molecule has 0 saturated carbocycles. The van der Waals surface area contributed by atoms with Crippen LogP contribution >= 0.6 is 0 Å². The fourth-order valence-electron chi connectivity index (χ4n) is 2.95. The molecule has 1 aromatic rings. The minimum atomic E-state index is -0.584. The van der Waals surface area contributed by atoms with Crippen LogP contribution in [0.4, 0.5) is 0 Å². The van der Waals surface area contributed by atoms with Crippen LogP contribution < -0.4 is 0 Å². The molecule has 1 saturated heterocycles. The maximum absolute atomic E-state index is 12.7. The number of benzene rings is 1. The fraction of sp³-hybridized carbons (Fsp3) is 0.500. The van der Waals surface area contributed by atoms with E-state index in [1.807, 2.05) is 44.2 Å². The van der Waals surface area contributed by atoms with Crippen LogP contribution in [0.25, 0.3) is 0 Å². The molecule has 1 atom stereocenters. The second kappa shape index (κ2) is 5.75. The Morgan fingerprint density at radius 1 is 1.20 bits per heavy atom. The molecule has 2 amide bonds. The zero-order chi connectivity index (χ0) is 14.8. The van der Waals surface area contributed by atoms with Gasteiger partial charge in [-0.2, -0.15) is 0 Å². The number of likely N-dealkylation sites (tertiary alicyclic amines) is 1. The minimum Gasteiger partial charge on any atom is -0.394 e. The van der Waals surface area contributed by atoms with Crippen LogP contribution in [0.2, 0.25) is 0 Å². The number of carbonyl (C=O) groups excluding carboxylic acids is 2. The van der Waals surface area contributed by atoms with Gasteiger partial charge in [-0.1, -0.05) is 44.2 Å². The molecule has 4 heteroatoms. The van der Waals surface area contributed by atoms with Gasteiger partial charge in [0.1, 0.15) is 0 Å². The highest BCUT2D eigenvalue weighted by atomic mass is 16.3. The zero-order valence-electron chi connectivity index (χ0n) is 12.0. The third-order valence-corrected chi connectivity index (χ3v) is 4.45. The van der Waals surface area contributed by atoms with Crippen LogP contribution in [0.1, 0.15) is 44.7 Å². The third kappa shape index (κ3) is 2.24. The van der Waals surface area contributed by atoms with E-state index in [0.29, 0.717) is 12.8 Å². The molecule has 20 heavy (non-hydrogen) atoms. The molecule has 1 aromatic carbocycles. The summed E-state index contributed by atoms with van der Waals surface area (Å²) in [5, 5.41) is 9.64. The number of rotatable bonds is 5. The number of aliphatic hydroxyl groups excluding tert-OH is 1. The molecule has 0 bridgehead atoms. The molecule has 1 fully saturated rings. The number of hydrogen-bond donors (Lipinski definition) is 1. The van der Waals surface area contributed by atoms with Crippen LogP contribution in [-0.4, -0.2) is 28.4 Å². The molecule has 0 unspecified atom stereocenters. The highest BCUT2D eigenvalue weighted by Crippen LogP contribution is 2.42. The Hall–Kier alpha value is -1.68. The Morgan fingerprint density at radius 2 is 1.80 bits per heavy atom. The van der Waals surface area contributed by atoms with E-state index in [9.17, 15) is 14.7 Å². The van der Waals surface area contributed by atoms with Gasteiger partial charge in [-0.15, -0.1) is 0 Å². The predicted octanol–water partition coefficient (Wildman–Crippen LogP) is 2.29. The maximum Gasteiger partial charge on any atom is 0.236 e. The number of aliphatic hydroxyl groups is 1. The van der Waals surface area contributed by atoms with Gasteiger partial charge in [0.2, 0.25) is 11.8 Å². The van der Waals surface area contributed by atoms with E-state index in [1.165, 1.54) is 4.90 Å². The van der Waals surface area contributed by atoms with E-state index in [1.54, 1.807) is 0 Å². The predicted molar refractivity (Wildman–Crippen MR) is 75.8 cm³/mol. The Bertz CT molecular complexity index is 494. The molecule has 108 valence electrons. The van der Waals surface area contributed by atoms with E-state index in [2.05, 4.69) is 0 Å². The molecular weight excluding hydrogens is 254 g/mol. The van der Waals surface area contributed by atoms with Crippen molar-refractivity contribution in [1.29, 1.82) is 0 Å². The molecule has 1 aliphatic heterocycles. The summed E-state index contributed by atoms with van der Waals surface area (Å²) in [6, 6.07) is 8.65. The lowest BCUT2D eigenvalue weighted by Gasteiger charge is -2.28. The van der Waals surface area contributed by atoms with E-state index in [-0.39, 0.29) is 24.8 Å². The molecule has 4 nitrogen and oxygen atoms in total. The number of imide groups is 1. The number of carbonyl (C=O) groups is 2. The highest BCUT2D eigenvalue weighted by molar-refractivity contribution is 6.06. The first-order valence-electron chi connectivity index (χ1n) is 7.12. The van der Waals surface area contributed by atoms with Crippen molar-refractivity contribution in [3.8, 4) is 0 Å². The summed E-state index contributed by atoms with van der Waals surface area (Å²) in [5.74, 6) is -0.322. The first-order valence-corrected chi connectivity index (χ1v) is 7.12. The van der Waals surface area contributed by atoms with Crippen molar-refractivity contribution in [2.45, 2.75) is 39.2 Å². The van der Waals surface area contributed by atoms with Crippen molar-refractivity contribution in [3.05, 3.63) is 35.9 Å². The second-order valence-corrected chi connectivity index (χ2v) is 5.34. The lowest BCUT2D eigenvalue weighted by atomic mass is 9.81. The Labute approximate surface area is 119 Å². The Morgan fingerprint density at radius 3 is 2.25 bits per heavy atom. The van der Waals surface area contributed by atoms with Crippen molar-refractivity contribution in [3.63, 3.8) is 0 Å². The molecular formula is C16H21NO3. The lowest BCUT2D eigenvalue weighted by molar-refractivity contribution is -0.145. The topological polar surface area (TPSA) is 57.6 Å². The van der Waals surface area contributed by atoms with Gasteiger partial charge in [0.25, 0.3) is 0 Å². The molecule has 0 aromatic heterocycles. The molecule has 0 aliphatic carbocycles. The summed E-state index contributed by atoms with van der Waals surface area (Å²) in [6.45, 7) is 3.63. The van der Waals surface area contributed by atoms with Gasteiger partial charge in [0, 0.05) is 6.42 Å². The van der Waals surface area contributed by atoms with Gasteiger partial charge >= 0.3 is 0 Å². The van der Waals surface area contributed by atoms with Crippen LogP contribution in [0.15, 0.2) is 30.3 Å². The standard InChI is InChI=1S/C16H21NO3/c1-3-16(4-2)10-14(19)17(15(16)20)13(11-18)12-8-6-5-7-9-12/h5-9,13,18H,3-4,10-11H2,1-2H3/t13-/m0/s1. The highest BCUT2D eigenvalue weighted by Gasteiger charge is 2.51. The summed E-state index contributed by atoms with van der Waals surface area (Å²) in [6.07, 6.45) is 1.55. The van der Waals surface area contributed by atoms with Crippen molar-refractivity contribution >= 4 is 11.8 Å². The van der Waals surface area contributed by atoms with Crippen molar-refractivity contribution in [1.82, 2.24) is 4.90 Å². The number of amides is 2. The van der Waals surface area contributed by atoms with Gasteiger partial charge in [0.05, 0.1) is 18.1 Å². The first-order chi connectivity index (χ1) is 9.59. The Kier molecular flexibility index (Phi) is 4.23.